The molecule has 0 aliphatic carbocycles. The highest BCUT2D eigenvalue weighted by Gasteiger charge is 2.06. The Morgan fingerprint density at radius 2 is 2.20 bits per heavy atom. The predicted molar refractivity (Wildman–Crippen MR) is 58.7 cm³/mol. The van der Waals surface area contributed by atoms with Crippen LogP contribution in [0, 0.1) is 0 Å². The first-order valence-electron chi connectivity index (χ1n) is 4.47. The Kier molecular flexibility index (Phi) is 4.18. The lowest BCUT2D eigenvalue weighted by atomic mass is 10.2. The van der Waals surface area contributed by atoms with Crippen LogP contribution in [0.3, 0.4) is 0 Å². The number of benzene rings is 1. The van der Waals surface area contributed by atoms with E-state index in [9.17, 15) is 9.90 Å². The number of aliphatic hydroxyl groups excluding tert-OH is 1. The van der Waals surface area contributed by atoms with Gasteiger partial charge in [-0.25, -0.2) is 4.79 Å². The second kappa shape index (κ2) is 5.41. The molecule has 0 saturated heterocycles. The highest BCUT2D eigenvalue weighted by molar-refractivity contribution is 6.32. The number of rotatable bonds is 3. The standard InChI is InChI=1S/C11H11ClO3/c1-2-15-11(14)7-10(13)8-5-3-4-6-9(8)12/h3-7,13H,2H2,1H3/b10-7-. The van der Waals surface area contributed by atoms with Crippen LogP contribution in [0.4, 0.5) is 0 Å². The number of esters is 1. The molecule has 1 aromatic rings. The fourth-order valence-electron chi connectivity index (χ4n) is 1.04. The number of hydrogen-bond acceptors (Lipinski definition) is 3. The van der Waals surface area contributed by atoms with E-state index in [4.69, 9.17) is 11.6 Å². The molecule has 0 fully saturated rings. The molecule has 0 heterocycles. The van der Waals surface area contributed by atoms with Gasteiger partial charge in [0, 0.05) is 5.56 Å². The van der Waals surface area contributed by atoms with Gasteiger partial charge in [0.15, 0.2) is 0 Å². The normalized spacial score (nSPS) is 11.2. The fraction of sp³-hybridized carbons (Fsp3) is 0.182. The molecule has 0 aromatic heterocycles. The summed E-state index contributed by atoms with van der Waals surface area (Å²) in [6.45, 7) is 1.96. The molecule has 3 nitrogen and oxygen atoms in total. The fourth-order valence-corrected chi connectivity index (χ4v) is 1.27. The van der Waals surface area contributed by atoms with Crippen LogP contribution in [-0.2, 0) is 9.53 Å². The minimum Gasteiger partial charge on any atom is -0.507 e. The first-order chi connectivity index (χ1) is 7.15. The molecule has 4 heteroatoms. The minimum atomic E-state index is -0.588. The van der Waals surface area contributed by atoms with Gasteiger partial charge in [-0.1, -0.05) is 23.7 Å². The van der Waals surface area contributed by atoms with Crippen molar-refractivity contribution in [2.45, 2.75) is 6.92 Å². The highest BCUT2D eigenvalue weighted by Crippen LogP contribution is 2.21. The van der Waals surface area contributed by atoms with Gasteiger partial charge < -0.3 is 9.84 Å². The largest absolute Gasteiger partial charge is 0.507 e. The summed E-state index contributed by atoms with van der Waals surface area (Å²) in [5.41, 5.74) is 0.409. The van der Waals surface area contributed by atoms with Gasteiger partial charge in [0.05, 0.1) is 17.7 Å². The molecule has 0 atom stereocenters. The van der Waals surface area contributed by atoms with Crippen LogP contribution in [0.2, 0.25) is 5.02 Å². The van der Waals surface area contributed by atoms with E-state index in [0.29, 0.717) is 10.6 Å². The lowest BCUT2D eigenvalue weighted by Crippen LogP contribution is -2.01. The zero-order chi connectivity index (χ0) is 11.3. The Hall–Kier alpha value is -1.48. The number of halogens is 1. The lowest BCUT2D eigenvalue weighted by Gasteiger charge is -2.02. The van der Waals surface area contributed by atoms with E-state index in [0.717, 1.165) is 6.08 Å². The van der Waals surface area contributed by atoms with Crippen molar-refractivity contribution in [2.24, 2.45) is 0 Å². The summed E-state index contributed by atoms with van der Waals surface area (Å²) in [5, 5.41) is 9.96. The summed E-state index contributed by atoms with van der Waals surface area (Å²) >= 11 is 5.83. The zero-order valence-corrected chi connectivity index (χ0v) is 8.99. The van der Waals surface area contributed by atoms with Crippen molar-refractivity contribution in [1.82, 2.24) is 0 Å². The smallest absolute Gasteiger partial charge is 0.334 e. The summed E-state index contributed by atoms with van der Waals surface area (Å²) in [7, 11) is 0. The molecule has 0 spiro atoms. The molecule has 0 aliphatic heterocycles. The van der Waals surface area contributed by atoms with Crippen molar-refractivity contribution in [3.05, 3.63) is 40.9 Å². The molecule has 0 aliphatic rings. The molecular formula is C11H11ClO3. The maximum absolute atomic E-state index is 11.0. The van der Waals surface area contributed by atoms with Gasteiger partial charge in [0.2, 0.25) is 0 Å². The van der Waals surface area contributed by atoms with Gasteiger partial charge in [-0.15, -0.1) is 0 Å². The Morgan fingerprint density at radius 3 is 2.80 bits per heavy atom. The monoisotopic (exact) mass is 226 g/mol. The van der Waals surface area contributed by atoms with E-state index in [1.807, 2.05) is 0 Å². The highest BCUT2D eigenvalue weighted by atomic mass is 35.5. The summed E-state index contributed by atoms with van der Waals surface area (Å²) in [5.74, 6) is -0.783. The maximum Gasteiger partial charge on any atom is 0.334 e. The molecule has 0 amide bonds. The van der Waals surface area contributed by atoms with E-state index in [1.54, 1.807) is 31.2 Å². The molecule has 0 bridgehead atoms. The number of ether oxygens (including phenoxy) is 1. The first-order valence-corrected chi connectivity index (χ1v) is 4.85. The topological polar surface area (TPSA) is 46.5 Å². The van der Waals surface area contributed by atoms with Crippen LogP contribution in [-0.4, -0.2) is 17.7 Å². The summed E-state index contributed by atoms with van der Waals surface area (Å²) in [6.07, 6.45) is 1.00. The Bertz CT molecular complexity index is 385. The predicted octanol–water partition coefficient (Wildman–Crippen LogP) is 2.80. The second-order valence-electron chi connectivity index (χ2n) is 2.76. The van der Waals surface area contributed by atoms with Gasteiger partial charge >= 0.3 is 5.97 Å². The molecular weight excluding hydrogens is 216 g/mol. The Balaban J connectivity index is 2.89. The van der Waals surface area contributed by atoms with Gasteiger partial charge in [-0.3, -0.25) is 0 Å². The molecule has 15 heavy (non-hydrogen) atoms. The van der Waals surface area contributed by atoms with E-state index in [-0.39, 0.29) is 12.4 Å². The number of aliphatic hydroxyl groups is 1. The third-order valence-corrected chi connectivity index (χ3v) is 2.02. The molecule has 1 aromatic carbocycles. The van der Waals surface area contributed by atoms with Crippen molar-refractivity contribution < 1.29 is 14.6 Å². The van der Waals surface area contributed by atoms with Crippen molar-refractivity contribution in [1.29, 1.82) is 0 Å². The summed E-state index contributed by atoms with van der Waals surface area (Å²) in [4.78, 5) is 11.0. The van der Waals surface area contributed by atoms with Crippen LogP contribution < -0.4 is 0 Å². The quantitative estimate of drug-likeness (QED) is 0.490. The van der Waals surface area contributed by atoms with Crippen molar-refractivity contribution in [3.63, 3.8) is 0 Å². The van der Waals surface area contributed by atoms with E-state index in [1.165, 1.54) is 0 Å². The van der Waals surface area contributed by atoms with Crippen LogP contribution in [0.5, 0.6) is 0 Å². The van der Waals surface area contributed by atoms with Crippen LogP contribution >= 0.6 is 11.6 Å². The number of hydrogen-bond donors (Lipinski definition) is 1. The van der Waals surface area contributed by atoms with Gasteiger partial charge in [-0.05, 0) is 19.1 Å². The number of carbonyl (C=O) groups excluding carboxylic acids is 1. The molecule has 80 valence electrons. The third kappa shape index (κ3) is 3.29. The van der Waals surface area contributed by atoms with Crippen molar-refractivity contribution in [2.75, 3.05) is 6.61 Å². The molecule has 1 N–H and O–H groups in total. The van der Waals surface area contributed by atoms with E-state index >= 15 is 0 Å². The average Bonchev–Trinajstić information content (AvgIpc) is 2.18. The molecule has 1 rings (SSSR count). The molecule has 0 saturated carbocycles. The van der Waals surface area contributed by atoms with Gasteiger partial charge in [0.1, 0.15) is 5.76 Å². The lowest BCUT2D eigenvalue weighted by molar-refractivity contribution is -0.137. The second-order valence-corrected chi connectivity index (χ2v) is 3.17. The third-order valence-electron chi connectivity index (χ3n) is 1.69. The maximum atomic E-state index is 11.0. The molecule has 0 radical (unpaired) electrons. The summed E-state index contributed by atoms with van der Waals surface area (Å²) < 4.78 is 4.66. The van der Waals surface area contributed by atoms with Crippen molar-refractivity contribution >= 4 is 23.3 Å². The van der Waals surface area contributed by atoms with Crippen LogP contribution in [0.1, 0.15) is 12.5 Å². The van der Waals surface area contributed by atoms with Gasteiger partial charge in [-0.2, -0.15) is 0 Å². The zero-order valence-electron chi connectivity index (χ0n) is 8.24. The molecule has 0 unspecified atom stereocenters. The van der Waals surface area contributed by atoms with Crippen LogP contribution in [0.25, 0.3) is 5.76 Å². The van der Waals surface area contributed by atoms with E-state index < -0.39 is 5.97 Å². The van der Waals surface area contributed by atoms with E-state index in [2.05, 4.69) is 4.74 Å². The Morgan fingerprint density at radius 1 is 1.53 bits per heavy atom. The SMILES string of the molecule is CCOC(=O)/C=C(\O)c1ccccc1Cl. The Labute approximate surface area is 92.9 Å². The van der Waals surface area contributed by atoms with Crippen LogP contribution in [0.15, 0.2) is 30.3 Å². The summed E-state index contributed by atoms with van der Waals surface area (Å²) in [6, 6.07) is 6.71. The van der Waals surface area contributed by atoms with Gasteiger partial charge in [0.25, 0.3) is 0 Å². The first kappa shape index (κ1) is 11.6. The number of carbonyl (C=O) groups is 1. The van der Waals surface area contributed by atoms with Crippen molar-refractivity contribution in [3.8, 4) is 0 Å². The minimum absolute atomic E-state index is 0.195. The average molecular weight is 227 g/mol.